The Balaban J connectivity index is 2.15. The van der Waals surface area contributed by atoms with Gasteiger partial charge in [0.15, 0.2) is 0 Å². The molecule has 5 nitrogen and oxygen atoms in total. The van der Waals surface area contributed by atoms with Crippen molar-refractivity contribution in [1.82, 2.24) is 0 Å². The van der Waals surface area contributed by atoms with Crippen LogP contribution in [0.25, 0.3) is 0 Å². The lowest BCUT2D eigenvalue weighted by atomic mass is 9.85. The van der Waals surface area contributed by atoms with Crippen molar-refractivity contribution >= 4 is 23.2 Å². The van der Waals surface area contributed by atoms with Crippen molar-refractivity contribution in [3.8, 4) is 0 Å². The first-order valence-electron chi connectivity index (χ1n) is 9.98. The number of hydrogen-bond donors (Lipinski definition) is 2. The van der Waals surface area contributed by atoms with Gasteiger partial charge in [-0.25, -0.2) is 0 Å². The normalized spacial score (nSPS) is 10.9. The second-order valence-electron chi connectivity index (χ2n) is 7.87. The van der Waals surface area contributed by atoms with Crippen molar-refractivity contribution in [3.05, 3.63) is 81.8 Å². The molecule has 1 heterocycles. The summed E-state index contributed by atoms with van der Waals surface area (Å²) in [7, 11) is 0. The van der Waals surface area contributed by atoms with Crippen LogP contribution < -0.4 is 10.6 Å². The van der Waals surface area contributed by atoms with Crippen molar-refractivity contribution in [3.63, 3.8) is 0 Å². The molecule has 156 valence electrons. The molecular formula is C25H28N2O3. The maximum Gasteiger partial charge on any atom is 0.221 e. The van der Waals surface area contributed by atoms with Gasteiger partial charge in [0.25, 0.3) is 0 Å². The highest BCUT2D eigenvalue weighted by atomic mass is 16.3. The number of carbonyl (C=O) groups excluding carboxylic acids is 2. The van der Waals surface area contributed by atoms with Crippen molar-refractivity contribution in [2.45, 2.75) is 47.5 Å². The number of carbonyl (C=O) groups is 2. The molecular weight excluding hydrogens is 376 g/mol. The molecule has 1 aromatic heterocycles. The number of aryl methyl sites for hydroxylation is 4. The SMILES string of the molecule is CC(=O)Nc1c(C)cc(C(c2cc(C)c(NC(C)=O)c(C)c2)c2ccco2)cc1C. The number of benzene rings is 2. The highest BCUT2D eigenvalue weighted by Crippen LogP contribution is 2.37. The van der Waals surface area contributed by atoms with E-state index in [0.717, 1.165) is 50.5 Å². The van der Waals surface area contributed by atoms with Crippen LogP contribution in [0.1, 0.15) is 58.9 Å². The smallest absolute Gasteiger partial charge is 0.221 e. The number of amides is 2. The topological polar surface area (TPSA) is 71.3 Å². The molecule has 0 aliphatic heterocycles. The summed E-state index contributed by atoms with van der Waals surface area (Å²) < 4.78 is 5.81. The fourth-order valence-electron chi connectivity index (χ4n) is 4.05. The first-order valence-corrected chi connectivity index (χ1v) is 9.98. The summed E-state index contributed by atoms with van der Waals surface area (Å²) in [6.45, 7) is 11.0. The monoisotopic (exact) mass is 404 g/mol. The molecule has 3 aromatic rings. The second-order valence-corrected chi connectivity index (χ2v) is 7.87. The predicted molar refractivity (Wildman–Crippen MR) is 120 cm³/mol. The molecule has 0 aliphatic carbocycles. The quantitative estimate of drug-likeness (QED) is 0.580. The largest absolute Gasteiger partial charge is 0.468 e. The van der Waals surface area contributed by atoms with E-state index in [-0.39, 0.29) is 17.7 Å². The van der Waals surface area contributed by atoms with Crippen LogP contribution in [0.15, 0.2) is 47.1 Å². The lowest BCUT2D eigenvalue weighted by Crippen LogP contribution is -2.12. The number of nitrogens with one attached hydrogen (secondary N) is 2. The van der Waals surface area contributed by atoms with Gasteiger partial charge in [0, 0.05) is 25.2 Å². The zero-order valence-corrected chi connectivity index (χ0v) is 18.3. The molecule has 0 saturated heterocycles. The van der Waals surface area contributed by atoms with Gasteiger partial charge < -0.3 is 15.1 Å². The van der Waals surface area contributed by atoms with Crippen LogP contribution >= 0.6 is 0 Å². The standard InChI is InChI=1S/C25H28N2O3/c1-14-10-20(11-15(2)24(14)26-18(5)28)23(22-8-7-9-30-22)21-12-16(3)25(17(4)13-21)27-19(6)29/h7-13,23H,1-6H3,(H,26,28)(H,27,29). The van der Waals surface area contributed by atoms with E-state index in [1.54, 1.807) is 6.26 Å². The minimum absolute atomic E-state index is 0.0867. The van der Waals surface area contributed by atoms with Crippen molar-refractivity contribution in [2.24, 2.45) is 0 Å². The molecule has 0 fully saturated rings. The Hall–Kier alpha value is -3.34. The molecule has 0 unspecified atom stereocenters. The van der Waals surface area contributed by atoms with E-state index in [2.05, 4.69) is 34.9 Å². The summed E-state index contributed by atoms with van der Waals surface area (Å²) in [4.78, 5) is 23.1. The van der Waals surface area contributed by atoms with Gasteiger partial charge in [-0.15, -0.1) is 0 Å². The highest BCUT2D eigenvalue weighted by molar-refractivity contribution is 5.91. The van der Waals surface area contributed by atoms with Gasteiger partial charge >= 0.3 is 0 Å². The van der Waals surface area contributed by atoms with Crippen LogP contribution in [0.3, 0.4) is 0 Å². The molecule has 0 bridgehead atoms. The molecule has 0 atom stereocenters. The molecule has 2 N–H and O–H groups in total. The Bertz CT molecular complexity index is 980. The van der Waals surface area contributed by atoms with Gasteiger partial charge in [0.05, 0.1) is 12.2 Å². The fourth-order valence-corrected chi connectivity index (χ4v) is 4.05. The third kappa shape index (κ3) is 4.46. The molecule has 0 spiro atoms. The fraction of sp³-hybridized carbons (Fsp3) is 0.280. The molecule has 2 amide bonds. The number of hydrogen-bond acceptors (Lipinski definition) is 3. The molecule has 0 radical (unpaired) electrons. The van der Waals surface area contributed by atoms with E-state index in [1.807, 2.05) is 39.8 Å². The minimum Gasteiger partial charge on any atom is -0.468 e. The van der Waals surface area contributed by atoms with E-state index < -0.39 is 0 Å². The Labute approximate surface area is 177 Å². The maximum atomic E-state index is 11.6. The summed E-state index contributed by atoms with van der Waals surface area (Å²) in [6, 6.07) is 12.2. The number of rotatable bonds is 5. The van der Waals surface area contributed by atoms with Gasteiger partial charge in [-0.3, -0.25) is 9.59 Å². The van der Waals surface area contributed by atoms with Crippen molar-refractivity contribution < 1.29 is 14.0 Å². The Morgan fingerprint density at radius 2 is 1.17 bits per heavy atom. The van der Waals surface area contributed by atoms with Crippen LogP contribution in [-0.4, -0.2) is 11.8 Å². The van der Waals surface area contributed by atoms with Crippen LogP contribution in [-0.2, 0) is 9.59 Å². The van der Waals surface area contributed by atoms with Crippen LogP contribution in [0.2, 0.25) is 0 Å². The van der Waals surface area contributed by atoms with E-state index in [4.69, 9.17) is 4.42 Å². The highest BCUT2D eigenvalue weighted by Gasteiger charge is 2.23. The minimum atomic E-state index is -0.104. The molecule has 3 rings (SSSR count). The summed E-state index contributed by atoms with van der Waals surface area (Å²) in [6.07, 6.45) is 1.68. The average Bonchev–Trinajstić information content (AvgIpc) is 3.15. The Morgan fingerprint density at radius 1 is 0.767 bits per heavy atom. The lowest BCUT2D eigenvalue weighted by molar-refractivity contribution is -0.115. The molecule has 0 aliphatic rings. The molecule has 5 heteroatoms. The van der Waals surface area contributed by atoms with Gasteiger partial charge in [-0.2, -0.15) is 0 Å². The van der Waals surface area contributed by atoms with Gasteiger partial charge in [-0.05, 0) is 73.2 Å². The lowest BCUT2D eigenvalue weighted by Gasteiger charge is -2.22. The Morgan fingerprint density at radius 3 is 1.47 bits per heavy atom. The van der Waals surface area contributed by atoms with Crippen molar-refractivity contribution in [1.29, 1.82) is 0 Å². The molecule has 2 aromatic carbocycles. The van der Waals surface area contributed by atoms with Crippen molar-refractivity contribution in [2.75, 3.05) is 10.6 Å². The predicted octanol–water partition coefficient (Wildman–Crippen LogP) is 5.61. The third-order valence-electron chi connectivity index (χ3n) is 5.21. The maximum absolute atomic E-state index is 11.6. The summed E-state index contributed by atoms with van der Waals surface area (Å²) in [5.74, 6) is 0.562. The summed E-state index contributed by atoms with van der Waals surface area (Å²) in [5.41, 5.74) is 7.86. The summed E-state index contributed by atoms with van der Waals surface area (Å²) >= 11 is 0. The second kappa shape index (κ2) is 8.57. The number of anilines is 2. The third-order valence-corrected chi connectivity index (χ3v) is 5.21. The number of furan rings is 1. The van der Waals surface area contributed by atoms with Gasteiger partial charge in [0.2, 0.25) is 11.8 Å². The molecule has 0 saturated carbocycles. The van der Waals surface area contributed by atoms with Gasteiger partial charge in [-0.1, -0.05) is 24.3 Å². The van der Waals surface area contributed by atoms with E-state index in [9.17, 15) is 9.59 Å². The zero-order chi connectivity index (χ0) is 22.0. The summed E-state index contributed by atoms with van der Waals surface area (Å²) in [5, 5.41) is 5.85. The first kappa shape index (κ1) is 21.4. The van der Waals surface area contributed by atoms with E-state index >= 15 is 0 Å². The van der Waals surface area contributed by atoms with E-state index in [1.165, 1.54) is 13.8 Å². The average molecular weight is 405 g/mol. The van der Waals surface area contributed by atoms with Crippen LogP contribution in [0, 0.1) is 27.7 Å². The van der Waals surface area contributed by atoms with Gasteiger partial charge in [0.1, 0.15) is 5.76 Å². The van der Waals surface area contributed by atoms with E-state index in [0.29, 0.717) is 0 Å². The van der Waals surface area contributed by atoms with Crippen LogP contribution in [0.5, 0.6) is 0 Å². The van der Waals surface area contributed by atoms with Crippen LogP contribution in [0.4, 0.5) is 11.4 Å². The Kier molecular flexibility index (Phi) is 6.11. The zero-order valence-electron chi connectivity index (χ0n) is 18.3. The first-order chi connectivity index (χ1) is 14.2. The molecule has 30 heavy (non-hydrogen) atoms.